The van der Waals surface area contributed by atoms with Crippen molar-refractivity contribution in [1.82, 2.24) is 5.43 Å². The molecule has 174 valence electrons. The highest BCUT2D eigenvalue weighted by atomic mass is 35.5. The minimum absolute atomic E-state index is 0.250. The summed E-state index contributed by atoms with van der Waals surface area (Å²) in [5.74, 6) is -0.114. The number of nitrogens with one attached hydrogen (secondary N) is 1. The molecule has 0 bridgehead atoms. The largest absolute Gasteiger partial charge is 0.493 e. The van der Waals surface area contributed by atoms with Gasteiger partial charge >= 0.3 is 5.97 Å². The number of methoxy groups -OCH3 is 1. The van der Waals surface area contributed by atoms with E-state index in [1.165, 1.54) is 25.5 Å². The summed E-state index contributed by atoms with van der Waals surface area (Å²) in [6.07, 6.45) is 4.40. The van der Waals surface area contributed by atoms with E-state index in [4.69, 9.17) is 37.4 Å². The number of halogens is 2. The zero-order chi connectivity index (χ0) is 24.3. The van der Waals surface area contributed by atoms with Crippen LogP contribution in [0.4, 0.5) is 0 Å². The van der Waals surface area contributed by atoms with E-state index in [9.17, 15) is 9.59 Å². The molecule has 9 heteroatoms. The first-order valence-corrected chi connectivity index (χ1v) is 10.7. The third-order valence-corrected chi connectivity index (χ3v) is 4.80. The molecule has 7 nitrogen and oxygen atoms in total. The van der Waals surface area contributed by atoms with Crippen LogP contribution >= 0.6 is 23.2 Å². The van der Waals surface area contributed by atoms with Gasteiger partial charge in [0, 0.05) is 11.1 Å². The molecule has 0 heterocycles. The molecular weight excluding hydrogens is 479 g/mol. The summed E-state index contributed by atoms with van der Waals surface area (Å²) < 4.78 is 16.0. The molecule has 34 heavy (non-hydrogen) atoms. The smallest absolute Gasteiger partial charge is 0.336 e. The molecule has 0 fully saturated rings. The van der Waals surface area contributed by atoms with Crippen LogP contribution in [0, 0.1) is 0 Å². The summed E-state index contributed by atoms with van der Waals surface area (Å²) >= 11 is 11.8. The first kappa shape index (κ1) is 24.8. The number of nitrogens with zero attached hydrogens (tertiary/aromatic N) is 1. The SMILES string of the molecule is COc1cc(/C=N/NC(=O)COc2ccc(Cl)cc2Cl)ccc1OC(=O)/C=C/c1ccccc1. The fourth-order valence-corrected chi connectivity index (χ4v) is 3.13. The molecule has 0 aromatic heterocycles. The van der Waals surface area contributed by atoms with Gasteiger partial charge in [0.15, 0.2) is 18.1 Å². The maximum atomic E-state index is 12.1. The standard InChI is InChI=1S/C25H20Cl2N2O5/c1-32-23-13-18(7-10-22(23)34-25(31)12-8-17-5-3-2-4-6-17)15-28-29-24(30)16-33-21-11-9-19(26)14-20(21)27/h2-15H,16H2,1H3,(H,29,30)/b12-8+,28-15+. The van der Waals surface area contributed by atoms with Crippen molar-refractivity contribution < 1.29 is 23.8 Å². The van der Waals surface area contributed by atoms with Gasteiger partial charge < -0.3 is 14.2 Å². The Kier molecular flexibility index (Phi) is 9.08. The lowest BCUT2D eigenvalue weighted by Gasteiger charge is -2.09. The Bertz CT molecular complexity index is 1210. The normalized spacial score (nSPS) is 10.9. The van der Waals surface area contributed by atoms with E-state index in [0.717, 1.165) is 5.56 Å². The maximum absolute atomic E-state index is 12.1. The monoisotopic (exact) mass is 498 g/mol. The number of amides is 1. The summed E-state index contributed by atoms with van der Waals surface area (Å²) in [5.41, 5.74) is 3.84. The number of benzene rings is 3. The number of esters is 1. The summed E-state index contributed by atoms with van der Waals surface area (Å²) in [6.45, 7) is -0.284. The zero-order valence-electron chi connectivity index (χ0n) is 18.0. The second kappa shape index (κ2) is 12.4. The average Bonchev–Trinajstić information content (AvgIpc) is 2.83. The molecule has 0 aliphatic heterocycles. The van der Waals surface area contributed by atoms with Crippen LogP contribution in [-0.2, 0) is 9.59 Å². The van der Waals surface area contributed by atoms with Crippen LogP contribution in [-0.4, -0.2) is 31.8 Å². The van der Waals surface area contributed by atoms with Crippen LogP contribution < -0.4 is 19.6 Å². The Morgan fingerprint density at radius 2 is 1.71 bits per heavy atom. The van der Waals surface area contributed by atoms with Gasteiger partial charge in [-0.1, -0.05) is 53.5 Å². The van der Waals surface area contributed by atoms with Gasteiger partial charge in [-0.25, -0.2) is 10.2 Å². The van der Waals surface area contributed by atoms with Gasteiger partial charge in [0.05, 0.1) is 18.3 Å². The van der Waals surface area contributed by atoms with Gasteiger partial charge in [-0.15, -0.1) is 0 Å². The van der Waals surface area contributed by atoms with E-state index in [0.29, 0.717) is 27.1 Å². The van der Waals surface area contributed by atoms with Crippen molar-refractivity contribution in [3.8, 4) is 17.2 Å². The average molecular weight is 499 g/mol. The summed E-state index contributed by atoms with van der Waals surface area (Å²) in [6, 6.07) is 18.9. The molecule has 0 atom stereocenters. The highest BCUT2D eigenvalue weighted by Gasteiger charge is 2.09. The molecular formula is C25H20Cl2N2O5. The Hall–Kier alpha value is -3.81. The van der Waals surface area contributed by atoms with Gasteiger partial charge in [0.25, 0.3) is 5.91 Å². The van der Waals surface area contributed by atoms with E-state index in [-0.39, 0.29) is 12.4 Å². The molecule has 0 radical (unpaired) electrons. The number of hydrogen-bond donors (Lipinski definition) is 1. The van der Waals surface area contributed by atoms with Crippen LogP contribution in [0.25, 0.3) is 6.08 Å². The molecule has 0 saturated heterocycles. The third kappa shape index (κ3) is 7.65. The van der Waals surface area contributed by atoms with Crippen molar-refractivity contribution >= 4 is 47.4 Å². The second-order valence-electron chi connectivity index (χ2n) is 6.73. The number of carbonyl (C=O) groups is 2. The van der Waals surface area contributed by atoms with E-state index < -0.39 is 11.9 Å². The Morgan fingerprint density at radius 3 is 2.44 bits per heavy atom. The number of hydrogen-bond acceptors (Lipinski definition) is 6. The highest BCUT2D eigenvalue weighted by Crippen LogP contribution is 2.28. The fraction of sp³-hybridized carbons (Fsp3) is 0.0800. The van der Waals surface area contributed by atoms with Crippen molar-refractivity contribution in [3.63, 3.8) is 0 Å². The van der Waals surface area contributed by atoms with Crippen molar-refractivity contribution in [2.75, 3.05) is 13.7 Å². The molecule has 3 rings (SSSR count). The molecule has 1 amide bonds. The summed E-state index contributed by atoms with van der Waals surface area (Å²) in [5, 5.41) is 4.65. The quantitative estimate of drug-likeness (QED) is 0.145. The van der Waals surface area contributed by atoms with Crippen LogP contribution in [0.2, 0.25) is 10.0 Å². The minimum atomic E-state index is -0.545. The maximum Gasteiger partial charge on any atom is 0.336 e. The van der Waals surface area contributed by atoms with E-state index in [2.05, 4.69) is 10.5 Å². The molecule has 0 saturated carbocycles. The predicted molar refractivity (Wildman–Crippen MR) is 132 cm³/mol. The second-order valence-corrected chi connectivity index (χ2v) is 7.58. The number of hydrazone groups is 1. The van der Waals surface area contributed by atoms with Gasteiger partial charge in [-0.2, -0.15) is 5.10 Å². The molecule has 0 aliphatic carbocycles. The van der Waals surface area contributed by atoms with E-state index in [1.807, 2.05) is 30.3 Å². The molecule has 1 N–H and O–H groups in total. The molecule has 3 aromatic rings. The molecule has 0 spiro atoms. The number of rotatable bonds is 9. The predicted octanol–water partition coefficient (Wildman–Crippen LogP) is 5.15. The van der Waals surface area contributed by atoms with Crippen LogP contribution in [0.5, 0.6) is 17.2 Å². The Morgan fingerprint density at radius 1 is 0.941 bits per heavy atom. The lowest BCUT2D eigenvalue weighted by atomic mass is 10.2. The summed E-state index contributed by atoms with van der Waals surface area (Å²) in [7, 11) is 1.45. The van der Waals surface area contributed by atoms with Gasteiger partial charge in [0.2, 0.25) is 0 Å². The molecule has 3 aromatic carbocycles. The van der Waals surface area contributed by atoms with Crippen LogP contribution in [0.3, 0.4) is 0 Å². The Labute approximate surface area is 206 Å². The van der Waals surface area contributed by atoms with E-state index in [1.54, 1.807) is 36.4 Å². The van der Waals surface area contributed by atoms with Crippen molar-refractivity contribution in [2.24, 2.45) is 5.10 Å². The topological polar surface area (TPSA) is 86.2 Å². The van der Waals surface area contributed by atoms with Gasteiger partial charge in [0.1, 0.15) is 5.75 Å². The number of carbonyl (C=O) groups excluding carboxylic acids is 2. The highest BCUT2D eigenvalue weighted by molar-refractivity contribution is 6.35. The Balaban J connectivity index is 1.53. The van der Waals surface area contributed by atoms with Crippen molar-refractivity contribution in [3.05, 3.63) is 94.0 Å². The van der Waals surface area contributed by atoms with Gasteiger partial charge in [-0.05, 0) is 53.6 Å². The zero-order valence-corrected chi connectivity index (χ0v) is 19.5. The first-order valence-electron chi connectivity index (χ1n) is 9.97. The van der Waals surface area contributed by atoms with Crippen LogP contribution in [0.15, 0.2) is 77.9 Å². The third-order valence-electron chi connectivity index (χ3n) is 4.27. The van der Waals surface area contributed by atoms with Gasteiger partial charge in [-0.3, -0.25) is 4.79 Å². The summed E-state index contributed by atoms with van der Waals surface area (Å²) in [4.78, 5) is 24.1. The number of ether oxygens (including phenoxy) is 3. The lowest BCUT2D eigenvalue weighted by molar-refractivity contribution is -0.129. The van der Waals surface area contributed by atoms with Crippen molar-refractivity contribution in [1.29, 1.82) is 0 Å². The first-order chi connectivity index (χ1) is 16.4. The van der Waals surface area contributed by atoms with Crippen molar-refractivity contribution in [2.45, 2.75) is 0 Å². The van der Waals surface area contributed by atoms with E-state index >= 15 is 0 Å². The molecule has 0 aliphatic rings. The minimum Gasteiger partial charge on any atom is -0.493 e. The van der Waals surface area contributed by atoms with Crippen LogP contribution in [0.1, 0.15) is 11.1 Å². The fourth-order valence-electron chi connectivity index (χ4n) is 2.67. The lowest BCUT2D eigenvalue weighted by Crippen LogP contribution is -2.24. The molecule has 0 unspecified atom stereocenters.